The van der Waals surface area contributed by atoms with Gasteiger partial charge in [0.25, 0.3) is 0 Å². The third-order valence-corrected chi connectivity index (χ3v) is 17.4. The van der Waals surface area contributed by atoms with Gasteiger partial charge in [-0.2, -0.15) is 0 Å². The molecule has 4 aliphatic rings. The van der Waals surface area contributed by atoms with Gasteiger partial charge in [-0.25, -0.2) is 38.2 Å². The summed E-state index contributed by atoms with van der Waals surface area (Å²) < 4.78 is 32.1. The van der Waals surface area contributed by atoms with Gasteiger partial charge >= 0.3 is 27.4 Å². The maximum atomic E-state index is 5.87. The number of fused-ring (bicyclic) bond motifs is 12. The van der Waals surface area contributed by atoms with Crippen molar-refractivity contribution in [3.05, 3.63) is 216 Å². The van der Waals surface area contributed by atoms with Gasteiger partial charge in [-0.05, 0) is 158 Å². The Kier molecular flexibility index (Phi) is 15.0. The maximum Gasteiger partial charge on any atom is 0.396 e. The molecule has 0 radical (unpaired) electrons. The molecule has 0 atom stereocenters. The van der Waals surface area contributed by atoms with E-state index in [4.69, 9.17) is 17.7 Å². The Morgan fingerprint density at radius 1 is 0.352 bits per heavy atom. The van der Waals surface area contributed by atoms with E-state index in [1.165, 1.54) is 44.6 Å². The lowest BCUT2D eigenvalue weighted by atomic mass is 9.55. The van der Waals surface area contributed by atoms with Crippen LogP contribution < -0.4 is 59.9 Å². The number of nitrogens with zero attached hydrogens (tertiary/aromatic N) is 12. The molecule has 0 saturated carbocycles. The van der Waals surface area contributed by atoms with Gasteiger partial charge in [0.1, 0.15) is 28.2 Å². The minimum Gasteiger partial charge on any atom is -0.436 e. The third-order valence-electron chi connectivity index (χ3n) is 17.4. The van der Waals surface area contributed by atoms with Crippen molar-refractivity contribution in [3.63, 3.8) is 0 Å². The minimum atomic E-state index is 0.174. The molecule has 0 spiro atoms. The van der Waals surface area contributed by atoms with E-state index in [9.17, 15) is 0 Å². The summed E-state index contributed by atoms with van der Waals surface area (Å²) in [4.78, 5) is 26.3. The molecule has 0 saturated heterocycles. The zero-order valence-electron chi connectivity index (χ0n) is 51.8. The Morgan fingerprint density at radius 2 is 0.727 bits per heavy atom. The van der Waals surface area contributed by atoms with Gasteiger partial charge in [-0.1, -0.05) is 30.0 Å². The van der Waals surface area contributed by atoms with Crippen LogP contribution in [0, 0.1) is 27.7 Å². The Labute approximate surface area is 513 Å². The number of rotatable bonds is 4. The van der Waals surface area contributed by atoms with Crippen LogP contribution in [0.25, 0.3) is 68.7 Å². The molecule has 0 aromatic carbocycles. The van der Waals surface area contributed by atoms with Crippen molar-refractivity contribution in [3.8, 4) is 0 Å². The van der Waals surface area contributed by atoms with E-state index < -0.39 is 0 Å². The third kappa shape index (κ3) is 10.3. The lowest BCUT2D eigenvalue weighted by molar-refractivity contribution is -0.654. The standard InChI is InChI=1S/C18H19BN3O.2C17H17BN3O.C16H15BN3O/c1-12-10-16(21(3)11-13(12)2)19-8-7-15-17(22(19)4)14-6-5-9-20-18(14)23-15;1-12-7-10-20(2)15(11-12)18-8-6-14-16(21(18)3)13-5-4-9-19-17(13)22-14;1-12-6-7-15(20(2)11-12)18-9-8-14-16(21(18)3)13-5-4-10-19-17(13)22-14;1-19-11-4-3-7-14(19)17-9-8-13-15(20(17)2)12-6-5-10-18-16(12)21-13/h5-11H,1-4H3;2*4-11H,1-3H3;3-11H,1-2H3/q4*+1. The van der Waals surface area contributed by atoms with Gasteiger partial charge in [0.2, 0.25) is 22.9 Å². The van der Waals surface area contributed by atoms with Crippen LogP contribution in [0.5, 0.6) is 0 Å². The van der Waals surface area contributed by atoms with Crippen LogP contribution in [0.1, 0.15) is 45.3 Å². The van der Waals surface area contributed by atoms with E-state index in [1.54, 1.807) is 24.8 Å². The Hall–Kier alpha value is -10.2. The highest BCUT2D eigenvalue weighted by Gasteiger charge is 2.39. The van der Waals surface area contributed by atoms with Crippen molar-refractivity contribution in [1.29, 1.82) is 0 Å². The Balaban J connectivity index is 0.000000108. The van der Waals surface area contributed by atoms with Gasteiger partial charge in [-0.3, -0.25) is 0 Å². The maximum absolute atomic E-state index is 5.87. The van der Waals surface area contributed by atoms with Crippen molar-refractivity contribution in [2.75, 3.05) is 47.4 Å². The fourth-order valence-electron chi connectivity index (χ4n) is 12.7. The zero-order chi connectivity index (χ0) is 61.1. The number of aryl methyl sites for hydroxylation is 8. The van der Waals surface area contributed by atoms with Gasteiger partial charge in [0.15, 0.2) is 70.2 Å². The van der Waals surface area contributed by atoms with Gasteiger partial charge in [0, 0.05) is 60.2 Å². The number of furan rings is 4. The topological polar surface area (TPSA) is 133 Å². The van der Waals surface area contributed by atoms with Crippen molar-refractivity contribution >= 4 is 141 Å². The van der Waals surface area contributed by atoms with Crippen LogP contribution in [0.4, 0.5) is 22.7 Å². The molecule has 0 fully saturated rings. The molecular weight excluding hydrogens is 1090 g/mol. The normalized spacial score (nSPS) is 13.8. The quantitative estimate of drug-likeness (QED) is 0.128. The van der Waals surface area contributed by atoms with Crippen molar-refractivity contribution in [1.82, 2.24) is 19.9 Å². The zero-order valence-corrected chi connectivity index (χ0v) is 51.8. The van der Waals surface area contributed by atoms with E-state index in [0.29, 0.717) is 22.9 Å². The van der Waals surface area contributed by atoms with Crippen LogP contribution in [0.3, 0.4) is 0 Å². The fraction of sp³-hybridized carbons (Fsp3) is 0.176. The summed E-state index contributed by atoms with van der Waals surface area (Å²) in [5.41, 5.74) is 17.3. The molecule has 0 unspecified atom stereocenters. The number of hydrogen-bond acceptors (Lipinski definition) is 12. The second kappa shape index (κ2) is 23.2. The van der Waals surface area contributed by atoms with E-state index in [-0.39, 0.29) is 27.4 Å². The molecule has 20 heteroatoms. The van der Waals surface area contributed by atoms with Crippen LogP contribution in [-0.4, -0.2) is 75.5 Å². The molecule has 12 aromatic heterocycles. The van der Waals surface area contributed by atoms with Crippen molar-refractivity contribution in [2.24, 2.45) is 28.2 Å². The van der Waals surface area contributed by atoms with Crippen LogP contribution in [-0.2, 0) is 28.2 Å². The van der Waals surface area contributed by atoms with E-state index in [2.05, 4.69) is 281 Å². The largest absolute Gasteiger partial charge is 0.436 e. The SMILES string of the molecule is CN1B(c2cccc[n+]2C)C=Cc2oc3ncccc3c21.Cc1cc(B2C=Cc3oc4ncccc4c3N2C)[n+](C)cc1C.Cc1cc[n+](C)c(B2C=Cc3oc4ncccc4c3N2C)c1.Cc1ccc(B2C=Cc3oc4ncccc4c3N2C)[n+](C)c1. The number of hydrogen-bond donors (Lipinski definition) is 0. The Morgan fingerprint density at radius 3 is 1.14 bits per heavy atom. The van der Waals surface area contributed by atoms with Gasteiger partial charge in [-0.15, -0.1) is 0 Å². The molecule has 0 bridgehead atoms. The average Bonchev–Trinajstić information content (AvgIpc) is 4.09. The molecule has 16 nitrogen and oxygen atoms in total. The van der Waals surface area contributed by atoms with E-state index >= 15 is 0 Å². The highest BCUT2D eigenvalue weighted by atomic mass is 16.4. The van der Waals surface area contributed by atoms with Crippen molar-refractivity contribution < 1.29 is 35.9 Å². The second-order valence-corrected chi connectivity index (χ2v) is 23.2. The summed E-state index contributed by atoms with van der Waals surface area (Å²) in [5, 5.41) is 4.24. The summed E-state index contributed by atoms with van der Waals surface area (Å²) in [6.07, 6.45) is 23.8. The lowest BCUT2D eigenvalue weighted by Gasteiger charge is -2.26. The van der Waals surface area contributed by atoms with E-state index in [0.717, 1.165) is 67.3 Å². The van der Waals surface area contributed by atoms with Crippen LogP contribution in [0.15, 0.2) is 188 Å². The molecular formula is C68H68B4N12O4+4. The molecule has 0 amide bonds. The van der Waals surface area contributed by atoms with Crippen LogP contribution in [0.2, 0.25) is 0 Å². The summed E-state index contributed by atoms with van der Waals surface area (Å²) in [6.45, 7) is 9.26. The first-order valence-corrected chi connectivity index (χ1v) is 29.6. The van der Waals surface area contributed by atoms with Crippen molar-refractivity contribution in [2.45, 2.75) is 27.7 Å². The number of anilines is 4. The predicted molar refractivity (Wildman–Crippen MR) is 357 cm³/mol. The lowest BCUT2D eigenvalue weighted by Crippen LogP contribution is -2.60. The minimum absolute atomic E-state index is 0.174. The molecule has 88 heavy (non-hydrogen) atoms. The highest BCUT2D eigenvalue weighted by molar-refractivity contribution is 6.82. The average molecular weight is 1160 g/mol. The number of aromatic nitrogens is 8. The predicted octanol–water partition coefficient (Wildman–Crippen LogP) is 7.45. The summed E-state index contributed by atoms with van der Waals surface area (Å²) >= 11 is 0. The monoisotopic (exact) mass is 1160 g/mol. The number of pyridine rings is 8. The fourth-order valence-corrected chi connectivity index (χ4v) is 12.7. The molecule has 12 aromatic rings. The molecule has 0 aliphatic carbocycles. The molecule has 0 N–H and O–H groups in total. The van der Waals surface area contributed by atoms with Crippen LogP contribution >= 0.6 is 0 Å². The first kappa shape index (κ1) is 56.9. The molecule has 16 heterocycles. The van der Waals surface area contributed by atoms with E-state index in [1.807, 2.05) is 30.3 Å². The highest BCUT2D eigenvalue weighted by Crippen LogP contribution is 2.39. The van der Waals surface area contributed by atoms with Gasteiger partial charge < -0.3 is 36.9 Å². The molecule has 4 aliphatic heterocycles. The first-order valence-electron chi connectivity index (χ1n) is 29.6. The first-order chi connectivity index (χ1) is 42.6. The molecule has 16 rings (SSSR count). The second-order valence-electron chi connectivity index (χ2n) is 23.2. The summed E-state index contributed by atoms with van der Waals surface area (Å²) in [6, 6.07) is 33.3. The Bertz CT molecular complexity index is 4800. The summed E-state index contributed by atoms with van der Waals surface area (Å²) in [5.74, 6) is 12.2. The smallest absolute Gasteiger partial charge is 0.396 e. The summed E-state index contributed by atoms with van der Waals surface area (Å²) in [7, 11) is 16.8. The molecule has 432 valence electrons. The van der Waals surface area contributed by atoms with Gasteiger partial charge in [0.05, 0.1) is 44.3 Å².